The van der Waals surface area contributed by atoms with Crippen molar-refractivity contribution in [3.63, 3.8) is 0 Å². The van der Waals surface area contributed by atoms with Crippen LogP contribution in [0.4, 0.5) is 0 Å². The van der Waals surface area contributed by atoms with Crippen LogP contribution in [0.15, 0.2) is 35.2 Å². The molecule has 1 saturated carbocycles. The molecular weight excluding hydrogens is 270 g/mol. The molecule has 1 aromatic carbocycles. The van der Waals surface area contributed by atoms with Crippen LogP contribution in [0.5, 0.6) is 0 Å². The van der Waals surface area contributed by atoms with Gasteiger partial charge in [-0.3, -0.25) is 0 Å². The topological polar surface area (TPSA) is 46.2 Å². The summed E-state index contributed by atoms with van der Waals surface area (Å²) in [5.41, 5.74) is 0.129. The van der Waals surface area contributed by atoms with E-state index in [1.807, 2.05) is 6.07 Å². The highest BCUT2D eigenvalue weighted by atomic mass is 32.2. The lowest BCUT2D eigenvalue weighted by Gasteiger charge is -2.40. The third-order valence-corrected chi connectivity index (χ3v) is 5.74. The second kappa shape index (κ2) is 5.86. The number of sulfonamides is 1. The van der Waals surface area contributed by atoms with Gasteiger partial charge in [-0.25, -0.2) is 13.1 Å². The predicted octanol–water partition coefficient (Wildman–Crippen LogP) is 3.57. The summed E-state index contributed by atoms with van der Waals surface area (Å²) in [4.78, 5) is 0.359. The lowest BCUT2D eigenvalue weighted by atomic mass is 9.70. The van der Waals surface area contributed by atoms with Crippen LogP contribution in [0.3, 0.4) is 0 Å². The highest BCUT2D eigenvalue weighted by Crippen LogP contribution is 2.38. The molecule has 1 aromatic rings. The molecule has 0 amide bonds. The number of rotatable bonds is 3. The summed E-state index contributed by atoms with van der Waals surface area (Å²) in [5, 5.41) is 0. The Morgan fingerprint density at radius 3 is 2.25 bits per heavy atom. The predicted molar refractivity (Wildman–Crippen MR) is 82.0 cm³/mol. The Bertz CT molecular complexity index is 531. The molecule has 1 aliphatic carbocycles. The van der Waals surface area contributed by atoms with E-state index in [0.717, 1.165) is 19.3 Å². The molecule has 0 heterocycles. The smallest absolute Gasteiger partial charge is 0.208 e. The zero-order chi connectivity index (χ0) is 14.8. The SMILES string of the molecule is CC(C)(C)C1CCCCC1NS(=O)(=O)c1ccccc1. The molecule has 0 spiro atoms. The fourth-order valence-electron chi connectivity index (χ4n) is 3.18. The van der Waals surface area contributed by atoms with E-state index < -0.39 is 10.0 Å². The van der Waals surface area contributed by atoms with Crippen LogP contribution in [0, 0.1) is 11.3 Å². The van der Waals surface area contributed by atoms with Crippen molar-refractivity contribution in [1.29, 1.82) is 0 Å². The fraction of sp³-hybridized carbons (Fsp3) is 0.625. The van der Waals surface area contributed by atoms with E-state index in [2.05, 4.69) is 25.5 Å². The molecule has 0 aliphatic heterocycles. The largest absolute Gasteiger partial charge is 0.240 e. The standard InChI is InChI=1S/C16H25NO2S/c1-16(2,3)14-11-7-8-12-15(14)17-20(18,19)13-9-5-4-6-10-13/h4-6,9-10,14-15,17H,7-8,11-12H2,1-3H3. The minimum Gasteiger partial charge on any atom is -0.208 e. The van der Waals surface area contributed by atoms with Crippen molar-refractivity contribution >= 4 is 10.0 Å². The second-order valence-electron chi connectivity index (χ2n) is 6.80. The maximum Gasteiger partial charge on any atom is 0.240 e. The third kappa shape index (κ3) is 3.61. The van der Waals surface area contributed by atoms with Crippen LogP contribution in [0.1, 0.15) is 46.5 Å². The van der Waals surface area contributed by atoms with Crippen molar-refractivity contribution in [2.45, 2.75) is 57.4 Å². The molecule has 1 N–H and O–H groups in total. The lowest BCUT2D eigenvalue weighted by molar-refractivity contribution is 0.144. The molecule has 0 bridgehead atoms. The average Bonchev–Trinajstić information content (AvgIpc) is 2.39. The zero-order valence-corrected chi connectivity index (χ0v) is 13.4. The molecule has 3 nitrogen and oxygen atoms in total. The van der Waals surface area contributed by atoms with Crippen LogP contribution in [-0.4, -0.2) is 14.5 Å². The van der Waals surface area contributed by atoms with Crippen LogP contribution in [0.2, 0.25) is 0 Å². The number of nitrogens with one attached hydrogen (secondary N) is 1. The van der Waals surface area contributed by atoms with Gasteiger partial charge in [0, 0.05) is 6.04 Å². The summed E-state index contributed by atoms with van der Waals surface area (Å²) in [6, 6.07) is 8.70. The van der Waals surface area contributed by atoms with Crippen molar-refractivity contribution in [2.75, 3.05) is 0 Å². The van der Waals surface area contributed by atoms with E-state index in [9.17, 15) is 8.42 Å². The van der Waals surface area contributed by atoms with Crippen molar-refractivity contribution in [2.24, 2.45) is 11.3 Å². The van der Waals surface area contributed by atoms with Gasteiger partial charge in [0.1, 0.15) is 0 Å². The lowest BCUT2D eigenvalue weighted by Crippen LogP contribution is -2.46. The maximum atomic E-state index is 12.5. The summed E-state index contributed by atoms with van der Waals surface area (Å²) in [6.45, 7) is 6.60. The molecule has 2 rings (SSSR count). The molecule has 0 saturated heterocycles. The van der Waals surface area contributed by atoms with E-state index in [-0.39, 0.29) is 11.5 Å². The van der Waals surface area contributed by atoms with Gasteiger partial charge in [-0.2, -0.15) is 0 Å². The molecule has 20 heavy (non-hydrogen) atoms. The van der Waals surface area contributed by atoms with Gasteiger partial charge in [0.2, 0.25) is 10.0 Å². The Kier molecular flexibility index (Phi) is 4.55. The Morgan fingerprint density at radius 1 is 1.05 bits per heavy atom. The first-order valence-electron chi connectivity index (χ1n) is 7.38. The van der Waals surface area contributed by atoms with Gasteiger partial charge in [0.25, 0.3) is 0 Å². The van der Waals surface area contributed by atoms with Gasteiger partial charge in [-0.15, -0.1) is 0 Å². The molecule has 112 valence electrons. The molecule has 1 aliphatic rings. The van der Waals surface area contributed by atoms with E-state index >= 15 is 0 Å². The Hall–Kier alpha value is -0.870. The molecule has 2 unspecified atom stereocenters. The van der Waals surface area contributed by atoms with Crippen molar-refractivity contribution < 1.29 is 8.42 Å². The normalized spacial score (nSPS) is 24.6. The molecular formula is C16H25NO2S. The van der Waals surface area contributed by atoms with Gasteiger partial charge >= 0.3 is 0 Å². The van der Waals surface area contributed by atoms with E-state index in [0.29, 0.717) is 10.8 Å². The van der Waals surface area contributed by atoms with E-state index in [1.165, 1.54) is 6.42 Å². The molecule has 0 radical (unpaired) electrons. The third-order valence-electron chi connectivity index (χ3n) is 4.24. The summed E-state index contributed by atoms with van der Waals surface area (Å²) < 4.78 is 27.9. The Labute approximate surface area is 122 Å². The van der Waals surface area contributed by atoms with Gasteiger partial charge in [-0.05, 0) is 36.3 Å². The Morgan fingerprint density at radius 2 is 1.65 bits per heavy atom. The monoisotopic (exact) mass is 295 g/mol. The fourth-order valence-corrected chi connectivity index (χ4v) is 4.51. The number of hydrogen-bond acceptors (Lipinski definition) is 2. The highest BCUT2D eigenvalue weighted by molar-refractivity contribution is 7.89. The first kappa shape index (κ1) is 15.5. The average molecular weight is 295 g/mol. The summed E-state index contributed by atoms with van der Waals surface area (Å²) in [5.74, 6) is 0.398. The van der Waals surface area contributed by atoms with Crippen LogP contribution >= 0.6 is 0 Å². The van der Waals surface area contributed by atoms with Crippen LogP contribution in [0.25, 0.3) is 0 Å². The van der Waals surface area contributed by atoms with Gasteiger partial charge in [0.15, 0.2) is 0 Å². The van der Waals surface area contributed by atoms with Crippen LogP contribution < -0.4 is 4.72 Å². The summed E-state index contributed by atoms with van der Waals surface area (Å²) >= 11 is 0. The molecule has 0 aromatic heterocycles. The van der Waals surface area contributed by atoms with Crippen molar-refractivity contribution in [3.8, 4) is 0 Å². The minimum absolute atomic E-state index is 0.0500. The second-order valence-corrected chi connectivity index (χ2v) is 8.51. The maximum absolute atomic E-state index is 12.5. The highest BCUT2D eigenvalue weighted by Gasteiger charge is 2.36. The van der Waals surface area contributed by atoms with E-state index in [1.54, 1.807) is 24.3 Å². The van der Waals surface area contributed by atoms with Gasteiger partial charge in [-0.1, -0.05) is 51.8 Å². The van der Waals surface area contributed by atoms with Crippen LogP contribution in [-0.2, 0) is 10.0 Å². The van der Waals surface area contributed by atoms with Crippen molar-refractivity contribution in [1.82, 2.24) is 4.72 Å². The van der Waals surface area contributed by atoms with Gasteiger partial charge < -0.3 is 0 Å². The molecule has 1 fully saturated rings. The Balaban J connectivity index is 2.19. The first-order valence-corrected chi connectivity index (χ1v) is 8.86. The zero-order valence-electron chi connectivity index (χ0n) is 12.6. The molecule has 2 atom stereocenters. The molecule has 4 heteroatoms. The number of benzene rings is 1. The summed E-state index contributed by atoms with van der Waals surface area (Å²) in [7, 11) is -3.40. The van der Waals surface area contributed by atoms with Crippen molar-refractivity contribution in [3.05, 3.63) is 30.3 Å². The first-order chi connectivity index (χ1) is 9.31. The minimum atomic E-state index is -3.40. The number of hydrogen-bond donors (Lipinski definition) is 1. The van der Waals surface area contributed by atoms with Gasteiger partial charge in [0.05, 0.1) is 4.90 Å². The summed E-state index contributed by atoms with van der Waals surface area (Å²) in [6.07, 6.45) is 4.35. The van der Waals surface area contributed by atoms with E-state index in [4.69, 9.17) is 0 Å². The quantitative estimate of drug-likeness (QED) is 0.926.